The summed E-state index contributed by atoms with van der Waals surface area (Å²) < 4.78 is 2.21. The molecule has 0 bridgehead atoms. The quantitative estimate of drug-likeness (QED) is 0.158. The molecule has 0 aliphatic rings. The fourth-order valence-corrected chi connectivity index (χ4v) is 5.40. The van der Waals surface area contributed by atoms with Crippen molar-refractivity contribution in [2.75, 3.05) is 5.32 Å². The summed E-state index contributed by atoms with van der Waals surface area (Å²) in [6, 6.07) is 23.4. The van der Waals surface area contributed by atoms with E-state index in [1.807, 2.05) is 41.8 Å². The fraction of sp³-hybridized carbons (Fsp3) is 0.129. The monoisotopic (exact) mass is 553 g/mol. The van der Waals surface area contributed by atoms with Crippen molar-refractivity contribution in [1.82, 2.24) is 15.0 Å². The molecular weight excluding hydrogens is 526 g/mol. The number of carbonyl (C=O) groups is 1. The molecule has 0 unspecified atom stereocenters. The molecule has 39 heavy (non-hydrogen) atoms. The third-order valence-electron chi connectivity index (χ3n) is 6.35. The molecule has 196 valence electrons. The Bertz CT molecular complexity index is 1650. The highest BCUT2D eigenvalue weighted by atomic mass is 35.5. The van der Waals surface area contributed by atoms with Gasteiger partial charge in [0.15, 0.2) is 5.13 Å². The predicted molar refractivity (Wildman–Crippen MR) is 162 cm³/mol. The lowest BCUT2D eigenvalue weighted by Gasteiger charge is -2.11. The summed E-state index contributed by atoms with van der Waals surface area (Å²) in [5.41, 5.74) is 12.5. The molecular formula is C31H28ClN5OS. The molecule has 0 atom stereocenters. The summed E-state index contributed by atoms with van der Waals surface area (Å²) in [6.45, 7) is 8.33. The van der Waals surface area contributed by atoms with E-state index in [0.717, 1.165) is 44.7 Å². The van der Waals surface area contributed by atoms with Crippen LogP contribution in [0.3, 0.4) is 0 Å². The number of aromatic nitrogens is 2. The van der Waals surface area contributed by atoms with Gasteiger partial charge in [0.25, 0.3) is 5.91 Å². The van der Waals surface area contributed by atoms with Gasteiger partial charge in [-0.2, -0.15) is 5.10 Å². The molecule has 1 amide bonds. The van der Waals surface area contributed by atoms with E-state index in [0.29, 0.717) is 10.6 Å². The smallest absolute Gasteiger partial charge is 0.271 e. The van der Waals surface area contributed by atoms with Crippen LogP contribution >= 0.6 is 22.9 Å². The highest BCUT2D eigenvalue weighted by Gasteiger charge is 2.11. The van der Waals surface area contributed by atoms with Crippen LogP contribution in [-0.4, -0.2) is 21.7 Å². The Balaban J connectivity index is 1.23. The molecule has 0 aliphatic carbocycles. The number of thiazole rings is 1. The van der Waals surface area contributed by atoms with Gasteiger partial charge < -0.3 is 9.88 Å². The first kappa shape index (κ1) is 26.4. The zero-order valence-corrected chi connectivity index (χ0v) is 23.7. The lowest BCUT2D eigenvalue weighted by atomic mass is 10.1. The summed E-state index contributed by atoms with van der Waals surface area (Å²) in [4.78, 5) is 17.4. The number of halogens is 1. The average molecular weight is 554 g/mol. The average Bonchev–Trinajstić information content (AvgIpc) is 3.48. The van der Waals surface area contributed by atoms with Crippen molar-refractivity contribution >= 4 is 45.9 Å². The molecule has 0 saturated heterocycles. The second-order valence-corrected chi connectivity index (χ2v) is 10.7. The molecule has 5 aromatic rings. The van der Waals surface area contributed by atoms with E-state index in [1.54, 1.807) is 18.3 Å². The van der Waals surface area contributed by atoms with Crippen LogP contribution in [0.25, 0.3) is 16.9 Å². The molecule has 0 spiro atoms. The molecule has 0 radical (unpaired) electrons. The zero-order valence-electron chi connectivity index (χ0n) is 22.1. The van der Waals surface area contributed by atoms with Crippen LogP contribution in [0.15, 0.2) is 83.3 Å². The van der Waals surface area contributed by atoms with Gasteiger partial charge in [-0.25, -0.2) is 10.4 Å². The lowest BCUT2D eigenvalue weighted by Crippen LogP contribution is -2.17. The van der Waals surface area contributed by atoms with Crippen LogP contribution < -0.4 is 10.7 Å². The number of amides is 1. The number of carbonyl (C=O) groups excluding carboxylic acids is 1. The summed E-state index contributed by atoms with van der Waals surface area (Å²) >= 11 is 7.47. The summed E-state index contributed by atoms with van der Waals surface area (Å²) in [6.07, 6.45) is 1.69. The molecule has 2 aromatic heterocycles. The van der Waals surface area contributed by atoms with Crippen molar-refractivity contribution in [3.05, 3.63) is 117 Å². The number of anilines is 2. The van der Waals surface area contributed by atoms with Gasteiger partial charge in [-0.15, -0.1) is 11.3 Å². The summed E-state index contributed by atoms with van der Waals surface area (Å²) in [5, 5.41) is 10.9. The van der Waals surface area contributed by atoms with E-state index < -0.39 is 0 Å². The third kappa shape index (κ3) is 6.11. The number of aryl methyl sites for hydroxylation is 3. The van der Waals surface area contributed by atoms with Crippen molar-refractivity contribution in [2.24, 2.45) is 5.10 Å². The first-order valence-corrected chi connectivity index (χ1v) is 13.7. The Morgan fingerprint density at radius 3 is 2.33 bits per heavy atom. The van der Waals surface area contributed by atoms with Crippen molar-refractivity contribution in [1.29, 1.82) is 0 Å². The number of rotatable bonds is 7. The standard InChI is InChI=1S/C31H28ClN5OS/c1-19-13-20(2)15-28(14-19)37-21(3)16-25(22(37)4)17-33-36-30(38)24-7-5-23(6-8-24)29-18-39-31(35-29)34-27-11-9-26(32)10-12-27/h5-18H,1-4H3,(H,34,35)(H,36,38)/b33-17-. The van der Waals surface area contributed by atoms with Gasteiger partial charge in [-0.1, -0.05) is 29.8 Å². The van der Waals surface area contributed by atoms with E-state index in [1.165, 1.54) is 22.5 Å². The minimum atomic E-state index is -0.274. The SMILES string of the molecule is Cc1cc(C)cc(-n2c(C)cc(/C=N\NC(=O)c3ccc(-c4csc(Nc5ccc(Cl)cc5)n4)cc3)c2C)c1. The van der Waals surface area contributed by atoms with Crippen LogP contribution in [0.4, 0.5) is 10.8 Å². The van der Waals surface area contributed by atoms with Crippen LogP contribution in [0.5, 0.6) is 0 Å². The maximum atomic E-state index is 12.7. The molecule has 2 heterocycles. The molecule has 3 aromatic carbocycles. The minimum absolute atomic E-state index is 0.274. The molecule has 0 aliphatic heterocycles. The topological polar surface area (TPSA) is 71.3 Å². The minimum Gasteiger partial charge on any atom is -0.332 e. The Labute approximate surface area is 237 Å². The predicted octanol–water partition coefficient (Wildman–Crippen LogP) is 8.00. The van der Waals surface area contributed by atoms with Crippen molar-refractivity contribution < 1.29 is 4.79 Å². The van der Waals surface area contributed by atoms with Gasteiger partial charge >= 0.3 is 0 Å². The highest BCUT2D eigenvalue weighted by molar-refractivity contribution is 7.14. The van der Waals surface area contributed by atoms with Gasteiger partial charge in [-0.05, 0) is 93.4 Å². The van der Waals surface area contributed by atoms with Crippen LogP contribution in [0.1, 0.15) is 38.4 Å². The van der Waals surface area contributed by atoms with Crippen LogP contribution in [-0.2, 0) is 0 Å². The second kappa shape index (κ2) is 11.3. The van der Waals surface area contributed by atoms with E-state index >= 15 is 0 Å². The Kier molecular flexibility index (Phi) is 7.63. The molecule has 0 saturated carbocycles. The largest absolute Gasteiger partial charge is 0.332 e. The molecule has 8 heteroatoms. The number of hydrazone groups is 1. The van der Waals surface area contributed by atoms with Crippen LogP contribution in [0.2, 0.25) is 5.02 Å². The lowest BCUT2D eigenvalue weighted by molar-refractivity contribution is 0.0955. The summed E-state index contributed by atoms with van der Waals surface area (Å²) in [5.74, 6) is -0.274. The maximum Gasteiger partial charge on any atom is 0.271 e. The fourth-order valence-electron chi connectivity index (χ4n) is 4.53. The van der Waals surface area contributed by atoms with E-state index in [-0.39, 0.29) is 5.91 Å². The van der Waals surface area contributed by atoms with Gasteiger partial charge in [0, 0.05) is 49.9 Å². The third-order valence-corrected chi connectivity index (χ3v) is 7.36. The number of hydrogen-bond donors (Lipinski definition) is 2. The Morgan fingerprint density at radius 1 is 0.949 bits per heavy atom. The van der Waals surface area contributed by atoms with Crippen molar-refractivity contribution in [2.45, 2.75) is 27.7 Å². The van der Waals surface area contributed by atoms with E-state index in [9.17, 15) is 4.79 Å². The number of benzene rings is 3. The van der Waals surface area contributed by atoms with Crippen molar-refractivity contribution in [3.8, 4) is 16.9 Å². The van der Waals surface area contributed by atoms with E-state index in [2.05, 4.69) is 77.4 Å². The van der Waals surface area contributed by atoms with Gasteiger partial charge in [0.2, 0.25) is 0 Å². The van der Waals surface area contributed by atoms with Gasteiger partial charge in [0.1, 0.15) is 0 Å². The van der Waals surface area contributed by atoms with Gasteiger partial charge in [-0.3, -0.25) is 4.79 Å². The number of nitrogens with one attached hydrogen (secondary N) is 2. The van der Waals surface area contributed by atoms with E-state index in [4.69, 9.17) is 11.6 Å². The second-order valence-electron chi connectivity index (χ2n) is 9.45. The maximum absolute atomic E-state index is 12.7. The summed E-state index contributed by atoms with van der Waals surface area (Å²) in [7, 11) is 0. The number of nitrogens with zero attached hydrogens (tertiary/aromatic N) is 3. The zero-order chi connectivity index (χ0) is 27.5. The molecule has 6 nitrogen and oxygen atoms in total. The highest BCUT2D eigenvalue weighted by Crippen LogP contribution is 2.28. The van der Waals surface area contributed by atoms with Crippen molar-refractivity contribution in [3.63, 3.8) is 0 Å². The number of hydrogen-bond acceptors (Lipinski definition) is 5. The first-order valence-electron chi connectivity index (χ1n) is 12.5. The van der Waals surface area contributed by atoms with Crippen LogP contribution in [0, 0.1) is 27.7 Å². The Hall–Kier alpha value is -4.20. The normalized spacial score (nSPS) is 11.2. The van der Waals surface area contributed by atoms with Gasteiger partial charge in [0.05, 0.1) is 11.9 Å². The first-order chi connectivity index (χ1) is 18.8. The molecule has 0 fully saturated rings. The molecule has 2 N–H and O–H groups in total. The molecule has 5 rings (SSSR count). The Morgan fingerprint density at radius 2 is 1.64 bits per heavy atom.